The molecule has 0 aromatic heterocycles. The molecule has 0 bridgehead atoms. The molecular formula is C15H24N2O2. The maximum absolute atomic E-state index is 9.51. The van der Waals surface area contributed by atoms with Crippen molar-refractivity contribution in [1.29, 1.82) is 0 Å². The fraction of sp³-hybridized carbons (Fsp3) is 0.600. The van der Waals surface area contributed by atoms with E-state index in [-0.39, 0.29) is 17.5 Å². The molecule has 2 atom stereocenters. The Labute approximate surface area is 115 Å². The van der Waals surface area contributed by atoms with Crippen LogP contribution in [0.15, 0.2) is 18.2 Å². The first-order valence-corrected chi connectivity index (χ1v) is 7.06. The minimum atomic E-state index is 0.107. The van der Waals surface area contributed by atoms with Crippen LogP contribution in [0, 0.1) is 0 Å². The second kappa shape index (κ2) is 6.26. The predicted octanol–water partition coefficient (Wildman–Crippen LogP) is 2.23. The Morgan fingerprint density at radius 1 is 1.11 bits per heavy atom. The van der Waals surface area contributed by atoms with E-state index in [1.807, 2.05) is 0 Å². The van der Waals surface area contributed by atoms with Crippen LogP contribution in [-0.4, -0.2) is 40.8 Å². The highest BCUT2D eigenvalue weighted by Gasteiger charge is 2.16. The molecule has 2 unspecified atom stereocenters. The third kappa shape index (κ3) is 4.11. The molecule has 1 aromatic carbocycles. The van der Waals surface area contributed by atoms with Crippen LogP contribution in [0.25, 0.3) is 0 Å². The Kier molecular flexibility index (Phi) is 4.66. The Bertz CT molecular complexity index is 396. The molecule has 4 heteroatoms. The van der Waals surface area contributed by atoms with Crippen LogP contribution in [0.5, 0.6) is 11.5 Å². The van der Waals surface area contributed by atoms with Crippen molar-refractivity contribution in [3.8, 4) is 11.5 Å². The molecule has 19 heavy (non-hydrogen) atoms. The molecular weight excluding hydrogens is 240 g/mol. The maximum Gasteiger partial charge on any atom is 0.119 e. The van der Waals surface area contributed by atoms with Gasteiger partial charge in [-0.15, -0.1) is 0 Å². The van der Waals surface area contributed by atoms with Gasteiger partial charge in [-0.25, -0.2) is 0 Å². The average molecular weight is 264 g/mol. The SMILES string of the molecule is CC(CN1CCCC1)NC(C)c1cc(O)cc(O)c1. The van der Waals surface area contributed by atoms with E-state index < -0.39 is 0 Å². The van der Waals surface area contributed by atoms with Crippen molar-refractivity contribution in [1.82, 2.24) is 10.2 Å². The topological polar surface area (TPSA) is 55.7 Å². The summed E-state index contributed by atoms with van der Waals surface area (Å²) in [6.45, 7) is 7.68. The van der Waals surface area contributed by atoms with Gasteiger partial charge in [0.15, 0.2) is 0 Å². The van der Waals surface area contributed by atoms with E-state index in [0.717, 1.165) is 12.1 Å². The predicted molar refractivity (Wildman–Crippen MR) is 76.5 cm³/mol. The van der Waals surface area contributed by atoms with Crippen LogP contribution >= 0.6 is 0 Å². The zero-order valence-electron chi connectivity index (χ0n) is 11.8. The molecule has 0 spiro atoms. The standard InChI is InChI=1S/C15H24N2O2/c1-11(10-17-5-3-4-6-17)16-12(2)13-7-14(18)9-15(19)8-13/h7-9,11-12,16,18-19H,3-6,10H2,1-2H3. The van der Waals surface area contributed by atoms with E-state index in [2.05, 4.69) is 24.1 Å². The highest BCUT2D eigenvalue weighted by atomic mass is 16.3. The molecule has 0 amide bonds. The van der Waals surface area contributed by atoms with Crippen LogP contribution < -0.4 is 5.32 Å². The summed E-state index contributed by atoms with van der Waals surface area (Å²) in [5.41, 5.74) is 0.908. The van der Waals surface area contributed by atoms with Gasteiger partial charge >= 0.3 is 0 Å². The molecule has 1 saturated heterocycles. The lowest BCUT2D eigenvalue weighted by Gasteiger charge is -2.25. The van der Waals surface area contributed by atoms with E-state index in [0.29, 0.717) is 6.04 Å². The first-order chi connectivity index (χ1) is 9.04. The average Bonchev–Trinajstić information content (AvgIpc) is 2.80. The van der Waals surface area contributed by atoms with Crippen molar-refractivity contribution in [3.63, 3.8) is 0 Å². The molecule has 1 fully saturated rings. The van der Waals surface area contributed by atoms with Gasteiger partial charge in [0, 0.05) is 24.7 Å². The van der Waals surface area contributed by atoms with Crippen molar-refractivity contribution in [2.24, 2.45) is 0 Å². The first kappa shape index (κ1) is 14.2. The van der Waals surface area contributed by atoms with Crippen LogP contribution in [0.3, 0.4) is 0 Å². The van der Waals surface area contributed by atoms with Gasteiger partial charge in [0.2, 0.25) is 0 Å². The molecule has 3 N–H and O–H groups in total. The van der Waals surface area contributed by atoms with Gasteiger partial charge in [-0.1, -0.05) is 0 Å². The summed E-state index contributed by atoms with van der Waals surface area (Å²) < 4.78 is 0. The number of phenolic OH excluding ortho intramolecular Hbond substituents is 2. The minimum Gasteiger partial charge on any atom is -0.508 e. The van der Waals surface area contributed by atoms with Gasteiger partial charge in [0.1, 0.15) is 11.5 Å². The summed E-state index contributed by atoms with van der Waals surface area (Å²) in [6.07, 6.45) is 2.62. The molecule has 106 valence electrons. The third-order valence-electron chi connectivity index (χ3n) is 3.69. The van der Waals surface area contributed by atoms with E-state index in [1.54, 1.807) is 12.1 Å². The van der Waals surface area contributed by atoms with E-state index in [9.17, 15) is 10.2 Å². The van der Waals surface area contributed by atoms with Gasteiger partial charge in [-0.05, 0) is 57.5 Å². The van der Waals surface area contributed by atoms with Gasteiger partial charge in [0.25, 0.3) is 0 Å². The molecule has 0 aliphatic carbocycles. The molecule has 1 aliphatic rings. The number of hydrogen-bond acceptors (Lipinski definition) is 4. The number of hydrogen-bond donors (Lipinski definition) is 3. The zero-order chi connectivity index (χ0) is 13.8. The lowest BCUT2D eigenvalue weighted by molar-refractivity contribution is 0.289. The second-order valence-electron chi connectivity index (χ2n) is 5.58. The fourth-order valence-corrected chi connectivity index (χ4v) is 2.80. The molecule has 1 heterocycles. The normalized spacial score (nSPS) is 19.5. The number of nitrogens with zero attached hydrogens (tertiary/aromatic N) is 1. The Balaban J connectivity index is 1.90. The molecule has 0 saturated carbocycles. The largest absolute Gasteiger partial charge is 0.508 e. The second-order valence-corrected chi connectivity index (χ2v) is 5.58. The van der Waals surface area contributed by atoms with Crippen molar-refractivity contribution in [2.75, 3.05) is 19.6 Å². The molecule has 1 aliphatic heterocycles. The Morgan fingerprint density at radius 2 is 1.68 bits per heavy atom. The molecule has 1 aromatic rings. The van der Waals surface area contributed by atoms with Crippen molar-refractivity contribution in [2.45, 2.75) is 38.8 Å². The quantitative estimate of drug-likeness (QED) is 0.763. The Morgan fingerprint density at radius 3 is 2.26 bits per heavy atom. The van der Waals surface area contributed by atoms with Crippen LogP contribution in [-0.2, 0) is 0 Å². The summed E-state index contributed by atoms with van der Waals surface area (Å²) >= 11 is 0. The van der Waals surface area contributed by atoms with Crippen LogP contribution in [0.4, 0.5) is 0 Å². The number of nitrogens with one attached hydrogen (secondary N) is 1. The smallest absolute Gasteiger partial charge is 0.119 e. The van der Waals surface area contributed by atoms with Crippen molar-refractivity contribution >= 4 is 0 Å². The lowest BCUT2D eigenvalue weighted by Crippen LogP contribution is -2.39. The number of aromatic hydroxyl groups is 2. The fourth-order valence-electron chi connectivity index (χ4n) is 2.80. The van der Waals surface area contributed by atoms with Gasteiger partial charge in [-0.2, -0.15) is 0 Å². The van der Waals surface area contributed by atoms with Crippen molar-refractivity contribution < 1.29 is 10.2 Å². The first-order valence-electron chi connectivity index (χ1n) is 7.06. The van der Waals surface area contributed by atoms with E-state index >= 15 is 0 Å². The minimum absolute atomic E-state index is 0.107. The molecule has 2 rings (SSSR count). The van der Waals surface area contributed by atoms with Crippen molar-refractivity contribution in [3.05, 3.63) is 23.8 Å². The summed E-state index contributed by atoms with van der Waals surface area (Å²) in [7, 11) is 0. The molecule has 0 radical (unpaired) electrons. The summed E-state index contributed by atoms with van der Waals surface area (Å²) in [4.78, 5) is 2.48. The monoisotopic (exact) mass is 264 g/mol. The molecule has 4 nitrogen and oxygen atoms in total. The van der Waals surface area contributed by atoms with Gasteiger partial charge in [-0.3, -0.25) is 0 Å². The summed E-state index contributed by atoms with van der Waals surface area (Å²) in [5.74, 6) is 0.215. The Hall–Kier alpha value is -1.26. The third-order valence-corrected chi connectivity index (χ3v) is 3.69. The summed E-state index contributed by atoms with van der Waals surface area (Å²) in [5, 5.41) is 22.5. The van der Waals surface area contributed by atoms with Gasteiger partial charge < -0.3 is 20.4 Å². The van der Waals surface area contributed by atoms with Crippen LogP contribution in [0.2, 0.25) is 0 Å². The zero-order valence-corrected chi connectivity index (χ0v) is 11.8. The van der Waals surface area contributed by atoms with Gasteiger partial charge in [0.05, 0.1) is 0 Å². The highest BCUT2D eigenvalue weighted by molar-refractivity contribution is 5.37. The van der Waals surface area contributed by atoms with E-state index in [1.165, 1.54) is 32.0 Å². The summed E-state index contributed by atoms with van der Waals surface area (Å²) in [6, 6.07) is 5.23. The van der Waals surface area contributed by atoms with E-state index in [4.69, 9.17) is 0 Å². The number of likely N-dealkylation sites (tertiary alicyclic amines) is 1. The van der Waals surface area contributed by atoms with Crippen LogP contribution in [0.1, 0.15) is 38.3 Å². The highest BCUT2D eigenvalue weighted by Crippen LogP contribution is 2.25. The maximum atomic E-state index is 9.51. The number of benzene rings is 1. The number of rotatable bonds is 5. The lowest BCUT2D eigenvalue weighted by atomic mass is 10.1. The number of phenols is 2.